The van der Waals surface area contributed by atoms with Gasteiger partial charge in [-0.1, -0.05) is 5.16 Å². The fraction of sp³-hybridized carbons (Fsp3) is 0.462. The van der Waals surface area contributed by atoms with Crippen LogP contribution in [0.15, 0.2) is 29.4 Å². The van der Waals surface area contributed by atoms with E-state index >= 15 is 0 Å². The van der Waals surface area contributed by atoms with Crippen molar-refractivity contribution in [3.05, 3.63) is 35.6 Å². The first-order valence-electron chi connectivity index (χ1n) is 6.24. The van der Waals surface area contributed by atoms with Gasteiger partial charge in [-0.2, -0.15) is 0 Å². The molecule has 0 heterocycles. The predicted octanol–water partition coefficient (Wildman–Crippen LogP) is 4.00. The molecule has 20 heavy (non-hydrogen) atoms. The van der Waals surface area contributed by atoms with Crippen LogP contribution in [0.5, 0.6) is 0 Å². The molecule has 5 nitrogen and oxygen atoms in total. The van der Waals surface area contributed by atoms with E-state index in [2.05, 4.69) is 5.16 Å². The summed E-state index contributed by atoms with van der Waals surface area (Å²) in [6.07, 6.45) is -0.784. The van der Waals surface area contributed by atoms with Crippen molar-refractivity contribution >= 4 is 13.0 Å². The number of benzene rings is 1. The van der Waals surface area contributed by atoms with Crippen molar-refractivity contribution < 1.29 is 23.2 Å². The maximum atomic E-state index is 12.9. The molecule has 1 rings (SSSR count). The zero-order chi connectivity index (χ0) is 15.3. The third-order valence-electron chi connectivity index (χ3n) is 2.16. The van der Waals surface area contributed by atoms with Crippen molar-refractivity contribution in [1.82, 2.24) is 0 Å². The van der Waals surface area contributed by atoms with E-state index in [0.29, 0.717) is 0 Å². The Kier molecular flexibility index (Phi) is 5.87. The molecular weight excluding hydrogens is 284 g/mol. The first-order valence-corrected chi connectivity index (χ1v) is 7.78. The van der Waals surface area contributed by atoms with Gasteiger partial charge in [0.05, 0.1) is 12.2 Å². The van der Waals surface area contributed by atoms with Crippen LogP contribution in [-0.4, -0.2) is 22.9 Å². The van der Waals surface area contributed by atoms with Crippen molar-refractivity contribution in [1.29, 1.82) is 0 Å². The SMILES string of the molecule is CC(C)OP(=O)(OC(C)C)/C(=N/O)c1ccc(F)cc1. The molecular formula is C13H19FNO4P. The molecule has 7 heteroatoms. The highest BCUT2D eigenvalue weighted by atomic mass is 31.2. The van der Waals surface area contributed by atoms with Gasteiger partial charge in [0.1, 0.15) is 5.82 Å². The molecule has 0 fully saturated rings. The molecule has 0 aliphatic heterocycles. The van der Waals surface area contributed by atoms with E-state index in [4.69, 9.17) is 9.05 Å². The molecule has 0 saturated carbocycles. The normalized spacial score (nSPS) is 13.2. The summed E-state index contributed by atoms with van der Waals surface area (Å²) in [4.78, 5) is 0. The Labute approximate surface area is 117 Å². The van der Waals surface area contributed by atoms with Gasteiger partial charge in [0.25, 0.3) is 0 Å². The minimum Gasteiger partial charge on any atom is -0.410 e. The highest BCUT2D eigenvalue weighted by Crippen LogP contribution is 2.53. The lowest BCUT2D eigenvalue weighted by atomic mass is 10.2. The van der Waals surface area contributed by atoms with Crippen LogP contribution in [0.3, 0.4) is 0 Å². The molecule has 112 valence electrons. The smallest absolute Gasteiger partial charge is 0.384 e. The first-order chi connectivity index (χ1) is 9.28. The van der Waals surface area contributed by atoms with Gasteiger partial charge in [-0.15, -0.1) is 0 Å². The van der Waals surface area contributed by atoms with E-state index < -0.39 is 25.6 Å². The van der Waals surface area contributed by atoms with Crippen molar-refractivity contribution in [3.63, 3.8) is 0 Å². The average Bonchev–Trinajstić information content (AvgIpc) is 2.30. The highest BCUT2D eigenvalue weighted by molar-refractivity contribution is 7.73. The van der Waals surface area contributed by atoms with Crippen molar-refractivity contribution in [3.8, 4) is 0 Å². The second-order valence-corrected chi connectivity index (χ2v) is 6.58. The molecule has 0 atom stereocenters. The lowest BCUT2D eigenvalue weighted by Gasteiger charge is -2.23. The largest absolute Gasteiger partial charge is 0.410 e. The van der Waals surface area contributed by atoms with Gasteiger partial charge >= 0.3 is 7.60 Å². The molecule has 0 unspecified atom stereocenters. The van der Waals surface area contributed by atoms with Crippen LogP contribution in [0.4, 0.5) is 4.39 Å². The Morgan fingerprint density at radius 2 is 1.60 bits per heavy atom. The molecule has 0 aromatic heterocycles. The van der Waals surface area contributed by atoms with E-state index in [1.165, 1.54) is 24.3 Å². The summed E-state index contributed by atoms with van der Waals surface area (Å²) < 4.78 is 36.4. The summed E-state index contributed by atoms with van der Waals surface area (Å²) >= 11 is 0. The summed E-state index contributed by atoms with van der Waals surface area (Å²) in [5.74, 6) is -0.449. The Morgan fingerprint density at radius 3 is 1.95 bits per heavy atom. The molecule has 1 N–H and O–H groups in total. The molecule has 0 aliphatic rings. The Morgan fingerprint density at radius 1 is 1.15 bits per heavy atom. The third-order valence-corrected chi connectivity index (χ3v) is 4.42. The quantitative estimate of drug-likeness (QED) is 0.373. The molecule has 0 spiro atoms. The average molecular weight is 303 g/mol. The minimum atomic E-state index is -3.80. The standard InChI is InChI=1S/C13H19FNO4P/c1-9(2)18-20(17,19-10(3)4)13(15-16)11-5-7-12(14)8-6-11/h5-10,16H,1-4H3/b15-13+. The van der Waals surface area contributed by atoms with E-state index in [0.717, 1.165) is 0 Å². The molecule has 0 saturated heterocycles. The van der Waals surface area contributed by atoms with Crippen molar-refractivity contribution in [2.24, 2.45) is 5.16 Å². The van der Waals surface area contributed by atoms with E-state index in [9.17, 15) is 14.2 Å². The number of hydrogen-bond acceptors (Lipinski definition) is 5. The maximum Gasteiger partial charge on any atom is 0.384 e. The zero-order valence-electron chi connectivity index (χ0n) is 11.9. The van der Waals surface area contributed by atoms with E-state index in [-0.39, 0.29) is 11.0 Å². The Balaban J connectivity index is 3.22. The van der Waals surface area contributed by atoms with Gasteiger partial charge in [0.15, 0.2) is 5.45 Å². The fourth-order valence-electron chi connectivity index (χ4n) is 1.55. The van der Waals surface area contributed by atoms with Crippen LogP contribution in [0, 0.1) is 5.82 Å². The van der Waals surface area contributed by atoms with Crippen LogP contribution in [0.1, 0.15) is 33.3 Å². The fourth-order valence-corrected chi connectivity index (χ4v) is 3.48. The number of nitrogens with zero attached hydrogens (tertiary/aromatic N) is 1. The van der Waals surface area contributed by atoms with Crippen LogP contribution in [-0.2, 0) is 13.6 Å². The van der Waals surface area contributed by atoms with Gasteiger partial charge < -0.3 is 14.3 Å². The van der Waals surface area contributed by atoms with Crippen LogP contribution < -0.4 is 0 Å². The Hall–Kier alpha value is -1.23. The lowest BCUT2D eigenvalue weighted by molar-refractivity contribution is 0.151. The monoisotopic (exact) mass is 303 g/mol. The minimum absolute atomic E-state index is 0.236. The maximum absolute atomic E-state index is 12.9. The van der Waals surface area contributed by atoms with Gasteiger partial charge in [0.2, 0.25) is 0 Å². The van der Waals surface area contributed by atoms with Gasteiger partial charge in [0, 0.05) is 5.56 Å². The predicted molar refractivity (Wildman–Crippen MR) is 74.8 cm³/mol. The first kappa shape index (κ1) is 16.8. The summed E-state index contributed by atoms with van der Waals surface area (Å²) in [5, 5.41) is 12.2. The zero-order valence-corrected chi connectivity index (χ0v) is 12.8. The lowest BCUT2D eigenvalue weighted by Crippen LogP contribution is -2.15. The molecule has 0 bridgehead atoms. The topological polar surface area (TPSA) is 68.1 Å². The molecule has 0 aliphatic carbocycles. The van der Waals surface area contributed by atoms with Crippen LogP contribution >= 0.6 is 7.60 Å². The van der Waals surface area contributed by atoms with Gasteiger partial charge in [-0.25, -0.2) is 4.39 Å². The second kappa shape index (κ2) is 6.97. The van der Waals surface area contributed by atoms with Crippen LogP contribution in [0.2, 0.25) is 0 Å². The second-order valence-electron chi connectivity index (χ2n) is 4.74. The van der Waals surface area contributed by atoms with Gasteiger partial charge in [-0.05, 0) is 52.0 Å². The van der Waals surface area contributed by atoms with E-state index in [1.807, 2.05) is 0 Å². The molecule has 1 aromatic carbocycles. The molecule has 0 radical (unpaired) electrons. The number of halogens is 1. The summed E-state index contributed by atoms with van der Waals surface area (Å²) in [5.41, 5.74) is 0.0402. The summed E-state index contributed by atoms with van der Waals surface area (Å²) in [6.45, 7) is 6.76. The number of hydrogen-bond donors (Lipinski definition) is 1. The van der Waals surface area contributed by atoms with Crippen molar-refractivity contribution in [2.75, 3.05) is 0 Å². The van der Waals surface area contributed by atoms with Crippen LogP contribution in [0.25, 0.3) is 0 Å². The summed E-state index contributed by atoms with van der Waals surface area (Å²) in [7, 11) is -3.80. The number of rotatable bonds is 6. The molecule has 1 aromatic rings. The Bertz CT molecular complexity index is 500. The van der Waals surface area contributed by atoms with E-state index in [1.54, 1.807) is 27.7 Å². The van der Waals surface area contributed by atoms with Gasteiger partial charge in [-0.3, -0.25) is 4.57 Å². The highest BCUT2D eigenvalue weighted by Gasteiger charge is 2.36. The number of oxime groups is 1. The summed E-state index contributed by atoms with van der Waals surface area (Å²) in [6, 6.07) is 5.06. The molecule has 0 amide bonds. The third kappa shape index (κ3) is 4.40. The van der Waals surface area contributed by atoms with Crippen molar-refractivity contribution in [2.45, 2.75) is 39.9 Å².